The summed E-state index contributed by atoms with van der Waals surface area (Å²) in [4.78, 5) is 16.3. The van der Waals surface area contributed by atoms with E-state index in [-0.39, 0.29) is 13.2 Å². The summed E-state index contributed by atoms with van der Waals surface area (Å²) < 4.78 is 11.3. The fourth-order valence-corrected chi connectivity index (χ4v) is 1.73. The van der Waals surface area contributed by atoms with Crippen LogP contribution in [-0.2, 0) is 14.4 Å². The molecule has 0 saturated heterocycles. The first-order valence-electron chi connectivity index (χ1n) is 7.06. The van der Waals surface area contributed by atoms with Gasteiger partial charge < -0.3 is 9.47 Å². The lowest BCUT2D eigenvalue weighted by Crippen LogP contribution is -2.17. The summed E-state index contributed by atoms with van der Waals surface area (Å²) in [7, 11) is 1.47. The molecule has 0 atom stereocenters. The Labute approximate surface area is 130 Å². The van der Waals surface area contributed by atoms with Crippen molar-refractivity contribution in [2.24, 2.45) is 0 Å². The molecule has 1 aromatic rings. The van der Waals surface area contributed by atoms with Crippen molar-refractivity contribution in [3.8, 4) is 5.75 Å². The third-order valence-corrected chi connectivity index (χ3v) is 2.95. The average molecular weight is 311 g/mol. The van der Waals surface area contributed by atoms with E-state index in [2.05, 4.69) is 5.48 Å². The molecule has 0 unspecified atom stereocenters. The molecule has 0 amide bonds. The van der Waals surface area contributed by atoms with Crippen molar-refractivity contribution < 1.29 is 29.1 Å². The minimum absolute atomic E-state index is 0.240. The number of nitrogens with one attached hydrogen (secondary N) is 1. The maximum atomic E-state index is 11.4. The Bertz CT molecular complexity index is 543. The van der Waals surface area contributed by atoms with Gasteiger partial charge in [0.05, 0.1) is 13.7 Å². The lowest BCUT2D eigenvalue weighted by atomic mass is 10.2. The smallest absolute Gasteiger partial charge is 0.344 e. The Hall–Kier alpha value is -2.28. The Morgan fingerprint density at radius 2 is 2.09 bits per heavy atom. The number of anilines is 1. The zero-order valence-electron chi connectivity index (χ0n) is 13.4. The van der Waals surface area contributed by atoms with Gasteiger partial charge in [-0.2, -0.15) is 0 Å². The highest BCUT2D eigenvalue weighted by Gasteiger charge is 2.25. The minimum atomic E-state index is -0.473. The van der Waals surface area contributed by atoms with E-state index in [4.69, 9.17) is 14.3 Å². The molecule has 0 aliphatic carbocycles. The molecule has 2 N–H and O–H groups in total. The van der Waals surface area contributed by atoms with Gasteiger partial charge in [0.15, 0.2) is 12.4 Å². The van der Waals surface area contributed by atoms with Gasteiger partial charge >= 0.3 is 11.7 Å². The van der Waals surface area contributed by atoms with Crippen LogP contribution in [0.1, 0.15) is 27.2 Å². The summed E-state index contributed by atoms with van der Waals surface area (Å²) in [5.74, 6) is -0.135. The van der Waals surface area contributed by atoms with Crippen LogP contribution in [0.2, 0.25) is 0 Å². The fourth-order valence-electron chi connectivity index (χ4n) is 1.73. The van der Waals surface area contributed by atoms with Crippen molar-refractivity contribution in [1.29, 1.82) is 0 Å². The quantitative estimate of drug-likeness (QED) is 0.252. The largest absolute Gasteiger partial charge is 0.475 e. The number of nitrogens with zero attached hydrogens (tertiary/aromatic N) is 1. The van der Waals surface area contributed by atoms with Crippen LogP contribution in [0.15, 0.2) is 18.2 Å². The van der Waals surface area contributed by atoms with Gasteiger partial charge in [-0.15, -0.1) is 0 Å². The van der Waals surface area contributed by atoms with Crippen LogP contribution in [0, 0.1) is 0 Å². The molecule has 0 fully saturated rings. The number of ether oxygens (including phenoxy) is 2. The highest BCUT2D eigenvalue weighted by atomic mass is 16.6. The first-order valence-corrected chi connectivity index (χ1v) is 7.06. The standard InChI is InChI=1S/C15H23N2O5/c1-5-11(3)17(19)15-12(16-20-4)8-7-9-13(15)22-10-14(18)21-6-2/h7-9,16,19H,5-6,10H2,1-4H3/q+1/b17-11+. The molecule has 0 aliphatic heterocycles. The van der Waals surface area contributed by atoms with Gasteiger partial charge in [-0.25, -0.2) is 4.79 Å². The lowest BCUT2D eigenvalue weighted by Gasteiger charge is -2.11. The zero-order chi connectivity index (χ0) is 16.5. The van der Waals surface area contributed by atoms with Gasteiger partial charge in [-0.3, -0.25) is 15.5 Å². The molecule has 7 nitrogen and oxygen atoms in total. The number of benzene rings is 1. The fraction of sp³-hybridized carbons (Fsp3) is 0.467. The second-order valence-electron chi connectivity index (χ2n) is 4.45. The van der Waals surface area contributed by atoms with Crippen LogP contribution in [0.3, 0.4) is 0 Å². The van der Waals surface area contributed by atoms with Crippen molar-refractivity contribution in [3.05, 3.63) is 18.2 Å². The van der Waals surface area contributed by atoms with Crippen molar-refractivity contribution >= 4 is 23.1 Å². The summed E-state index contributed by atoms with van der Waals surface area (Å²) >= 11 is 0. The van der Waals surface area contributed by atoms with E-state index in [9.17, 15) is 10.0 Å². The first-order chi connectivity index (χ1) is 10.5. The average Bonchev–Trinajstić information content (AvgIpc) is 2.52. The van der Waals surface area contributed by atoms with Gasteiger partial charge in [0.25, 0.3) is 0 Å². The van der Waals surface area contributed by atoms with Crippen LogP contribution >= 0.6 is 0 Å². The van der Waals surface area contributed by atoms with Crippen molar-refractivity contribution in [2.75, 3.05) is 25.8 Å². The van der Waals surface area contributed by atoms with Crippen LogP contribution in [0.5, 0.6) is 5.75 Å². The van der Waals surface area contributed by atoms with Gasteiger partial charge in [0.2, 0.25) is 5.71 Å². The van der Waals surface area contributed by atoms with Crippen LogP contribution in [0.25, 0.3) is 0 Å². The number of esters is 1. The first kappa shape index (κ1) is 17.8. The Balaban J connectivity index is 3.15. The predicted octanol–water partition coefficient (Wildman–Crippen LogP) is 2.51. The Morgan fingerprint density at radius 1 is 1.36 bits per heavy atom. The highest BCUT2D eigenvalue weighted by molar-refractivity contribution is 5.80. The second kappa shape index (κ2) is 8.89. The number of hydrogen-bond acceptors (Lipinski definition) is 6. The number of rotatable bonds is 8. The van der Waals surface area contributed by atoms with Gasteiger partial charge in [-0.1, -0.05) is 13.0 Å². The van der Waals surface area contributed by atoms with Gasteiger partial charge in [0.1, 0.15) is 5.69 Å². The summed E-state index contributed by atoms with van der Waals surface area (Å²) in [5.41, 5.74) is 4.27. The normalized spacial score (nSPS) is 11.6. The Kier molecular flexibility index (Phi) is 7.18. The number of carbonyl (C=O) groups is 1. The minimum Gasteiger partial charge on any atom is -0.475 e. The highest BCUT2D eigenvalue weighted by Crippen LogP contribution is 2.35. The predicted molar refractivity (Wildman–Crippen MR) is 81.9 cm³/mol. The molecule has 7 heteroatoms. The molecule has 1 rings (SSSR count). The Morgan fingerprint density at radius 3 is 2.68 bits per heavy atom. The van der Waals surface area contributed by atoms with Gasteiger partial charge in [0, 0.05) is 18.1 Å². The molecular formula is C15H23N2O5+. The molecule has 0 aromatic heterocycles. The van der Waals surface area contributed by atoms with Crippen molar-refractivity contribution in [3.63, 3.8) is 0 Å². The second-order valence-corrected chi connectivity index (χ2v) is 4.45. The van der Waals surface area contributed by atoms with Crippen LogP contribution in [-0.4, -0.2) is 42.0 Å². The lowest BCUT2D eigenvalue weighted by molar-refractivity contribution is -0.713. The maximum absolute atomic E-state index is 11.4. The topological polar surface area (TPSA) is 80.0 Å². The number of hydrogen-bond donors (Lipinski definition) is 2. The van der Waals surface area contributed by atoms with E-state index >= 15 is 0 Å². The third kappa shape index (κ3) is 4.63. The van der Waals surface area contributed by atoms with E-state index in [1.165, 1.54) is 7.11 Å². The molecule has 0 radical (unpaired) electrons. The van der Waals surface area contributed by atoms with Crippen LogP contribution < -0.4 is 10.2 Å². The number of carbonyl (C=O) groups excluding carboxylic acids is 1. The monoisotopic (exact) mass is 311 g/mol. The van der Waals surface area contributed by atoms with Crippen molar-refractivity contribution in [1.82, 2.24) is 0 Å². The molecule has 0 heterocycles. The maximum Gasteiger partial charge on any atom is 0.344 e. The SMILES string of the molecule is CCOC(=O)COc1cccc(NOC)c1/[N+](O)=C(/C)CC. The van der Waals surface area contributed by atoms with Crippen LogP contribution in [0.4, 0.5) is 11.4 Å². The summed E-state index contributed by atoms with van der Waals surface area (Å²) in [6, 6.07) is 5.10. The summed E-state index contributed by atoms with van der Waals surface area (Å²) in [6.45, 7) is 5.48. The van der Waals surface area contributed by atoms with Crippen molar-refractivity contribution in [2.45, 2.75) is 27.2 Å². The summed E-state index contributed by atoms with van der Waals surface area (Å²) in [6.07, 6.45) is 0.648. The van der Waals surface area contributed by atoms with Gasteiger partial charge in [-0.05, 0) is 19.1 Å². The summed E-state index contributed by atoms with van der Waals surface area (Å²) in [5, 5.41) is 10.4. The molecule has 0 aliphatic rings. The van der Waals surface area contributed by atoms with E-state index < -0.39 is 5.97 Å². The molecule has 122 valence electrons. The van der Waals surface area contributed by atoms with E-state index in [0.29, 0.717) is 29.3 Å². The zero-order valence-corrected chi connectivity index (χ0v) is 13.4. The molecule has 22 heavy (non-hydrogen) atoms. The molecule has 0 spiro atoms. The van der Waals surface area contributed by atoms with E-state index in [1.54, 1.807) is 32.0 Å². The molecular weight excluding hydrogens is 288 g/mol. The molecule has 0 saturated carbocycles. The van der Waals surface area contributed by atoms with E-state index in [1.807, 2.05) is 6.92 Å². The number of para-hydroxylation sites is 1. The third-order valence-electron chi connectivity index (χ3n) is 2.95. The van der Waals surface area contributed by atoms with E-state index in [0.717, 1.165) is 4.74 Å². The molecule has 1 aromatic carbocycles. The molecule has 0 bridgehead atoms.